The molecule has 10 rings (SSSR count). The Hall–Kier alpha value is -5.56. The van der Waals surface area contributed by atoms with Crippen molar-refractivity contribution in [2.75, 3.05) is 6.61 Å². The van der Waals surface area contributed by atoms with Crippen molar-refractivity contribution in [3.8, 4) is 22.6 Å². The molecule has 0 spiro atoms. The molecule has 3 aliphatic rings. The maximum atomic E-state index is 13.4. The molecule has 0 unspecified atom stereocenters. The molecule has 2 aliphatic heterocycles. The van der Waals surface area contributed by atoms with Crippen molar-refractivity contribution in [3.05, 3.63) is 204 Å². The Bertz CT molecular complexity index is 2590. The van der Waals surface area contributed by atoms with Gasteiger partial charge < -0.3 is 16.9 Å². The molecule has 321 valence electrons. The molecule has 2 heterocycles. The summed E-state index contributed by atoms with van der Waals surface area (Å²) in [4.78, 5) is 5.07. The van der Waals surface area contributed by atoms with Crippen LogP contribution in [0, 0.1) is 12.2 Å². The summed E-state index contributed by atoms with van der Waals surface area (Å²) in [5, 5.41) is 4.22. The van der Waals surface area contributed by atoms with Crippen LogP contribution in [0.3, 0.4) is 0 Å². The molecular weight excluding hydrogens is 995 g/mol. The number of fused-ring (bicyclic) bond motifs is 7. The molecule has 7 aromatic carbocycles. The van der Waals surface area contributed by atoms with Crippen LogP contribution in [0.5, 0.6) is 11.5 Å². The van der Waals surface area contributed by atoms with Crippen LogP contribution in [0.2, 0.25) is 0 Å². The number of aliphatic imine (C=N–C) groups is 1. The van der Waals surface area contributed by atoms with Crippen molar-refractivity contribution < 1.29 is 51.6 Å². The van der Waals surface area contributed by atoms with E-state index in [1.165, 1.54) is 12.1 Å². The predicted octanol–water partition coefficient (Wildman–Crippen LogP) is 13.8. The van der Waals surface area contributed by atoms with Gasteiger partial charge in [0, 0.05) is 49.6 Å². The van der Waals surface area contributed by atoms with Gasteiger partial charge in [-0.2, -0.15) is 30.5 Å². The third-order valence-corrected chi connectivity index (χ3v) is 12.6. The number of hydrogen-bond donors (Lipinski definition) is 0. The van der Waals surface area contributed by atoms with Gasteiger partial charge in [-0.3, -0.25) is 21.2 Å². The minimum Gasteiger partial charge on any atom is -0.500 e. The smallest absolute Gasteiger partial charge is 0.486 e. The molecule has 0 N–H and O–H groups in total. The first-order valence-electron chi connectivity index (χ1n) is 20.8. The summed E-state index contributed by atoms with van der Waals surface area (Å²) in [5.41, 5.74) is 2.56. The van der Waals surface area contributed by atoms with Crippen LogP contribution in [0.4, 0.5) is 13.2 Å². The molecule has 0 amide bonds. The van der Waals surface area contributed by atoms with Crippen LogP contribution in [0.1, 0.15) is 47.9 Å². The Morgan fingerprint density at radius 3 is 1.60 bits per heavy atom. The van der Waals surface area contributed by atoms with Crippen molar-refractivity contribution in [3.63, 3.8) is 0 Å². The molecule has 0 fully saturated rings. The van der Waals surface area contributed by atoms with E-state index in [-0.39, 0.29) is 32.6 Å². The fraction of sp³-hybridized carbons (Fsp3) is 0.189. The quantitative estimate of drug-likeness (QED) is 0.112. The van der Waals surface area contributed by atoms with E-state index in [1.54, 1.807) is 0 Å². The molecule has 63 heavy (non-hydrogen) atoms. The summed E-state index contributed by atoms with van der Waals surface area (Å²) in [6.45, 7) is 0.146. The number of alkyl halides is 3. The second-order valence-corrected chi connectivity index (χ2v) is 16.6. The van der Waals surface area contributed by atoms with Crippen molar-refractivity contribution in [1.29, 1.82) is 0 Å². The second-order valence-electron chi connectivity index (χ2n) is 15.5. The summed E-state index contributed by atoms with van der Waals surface area (Å²) < 4.78 is 67.6. The van der Waals surface area contributed by atoms with Gasteiger partial charge >= 0.3 is 14.8 Å². The average Bonchev–Trinajstić information content (AvgIpc) is 3.72. The first kappa shape index (κ1) is 44.1. The van der Waals surface area contributed by atoms with Crippen LogP contribution in [0.25, 0.3) is 32.7 Å². The molecule has 0 saturated carbocycles. The standard InChI is InChI=1S/C45H34F3NO4P.C8H10.Ir/c46-45(47,48)35-23-19-34(20-24-35)43-49-40(29-50-43)44(27-30-11-3-1-4-12-30,28-31-13-5-2-6-14-31)53-54-51-38-25-21-32-15-7-9-17-36(32)41(38)42-37-18-10-8-16-33(37)22-26-39(42)52-54;1-2-4-6-8-7-5-3-1;/h1-26,40,54H,27-29H2;1,8H,2,4-5,7H2;/q+1;-2;/t40-;;/m0../s1. The normalized spacial score (nSPS) is 16.0. The number of rotatable bonds is 8. The summed E-state index contributed by atoms with van der Waals surface area (Å²) in [5.74, 6) is 1.57. The number of benzene rings is 7. The van der Waals surface area contributed by atoms with Crippen molar-refractivity contribution in [2.45, 2.75) is 56.3 Å². The minimum absolute atomic E-state index is 0. The second kappa shape index (κ2) is 19.9. The number of nitrogens with zero attached hydrogens (tertiary/aromatic N) is 1. The van der Waals surface area contributed by atoms with Crippen LogP contribution >= 0.6 is 8.60 Å². The average molecular weight is 1040 g/mol. The molecule has 1 atom stereocenters. The Kier molecular flexibility index (Phi) is 13.9. The largest absolute Gasteiger partial charge is 0.500 e. The molecular formula is C53H44F3IrNO4P-. The van der Waals surface area contributed by atoms with Crippen molar-refractivity contribution >= 4 is 36.0 Å². The zero-order valence-corrected chi connectivity index (χ0v) is 37.6. The van der Waals surface area contributed by atoms with E-state index in [2.05, 4.69) is 85.0 Å². The van der Waals surface area contributed by atoms with Gasteiger partial charge in [0.15, 0.2) is 17.1 Å². The van der Waals surface area contributed by atoms with Crippen LogP contribution in [0.15, 0.2) is 175 Å². The fourth-order valence-corrected chi connectivity index (χ4v) is 9.68. The molecule has 1 aliphatic carbocycles. The Morgan fingerprint density at radius 1 is 0.603 bits per heavy atom. The first-order chi connectivity index (χ1) is 30.3. The van der Waals surface area contributed by atoms with Crippen molar-refractivity contribution in [2.24, 2.45) is 4.99 Å². The molecule has 0 saturated heterocycles. The molecule has 0 aromatic heterocycles. The van der Waals surface area contributed by atoms with E-state index in [9.17, 15) is 13.2 Å². The predicted molar refractivity (Wildman–Crippen MR) is 242 cm³/mol. The van der Waals surface area contributed by atoms with E-state index < -0.39 is 32.0 Å². The van der Waals surface area contributed by atoms with E-state index in [0.29, 0.717) is 29.9 Å². The Labute approximate surface area is 380 Å². The van der Waals surface area contributed by atoms with Crippen molar-refractivity contribution in [1.82, 2.24) is 0 Å². The monoisotopic (exact) mass is 1040 g/mol. The molecule has 10 heteroatoms. The van der Waals surface area contributed by atoms with Crippen LogP contribution in [-0.4, -0.2) is 24.1 Å². The molecule has 5 nitrogen and oxygen atoms in total. The fourth-order valence-electron chi connectivity index (χ4n) is 8.24. The minimum atomic E-state index is -4.45. The Balaban J connectivity index is 0.000000547. The summed E-state index contributed by atoms with van der Waals surface area (Å²) in [7, 11) is -2.63. The zero-order valence-electron chi connectivity index (χ0n) is 34.2. The number of allylic oxidation sites excluding steroid dienone is 4. The Morgan fingerprint density at radius 2 is 1.10 bits per heavy atom. The topological polar surface area (TPSA) is 49.3 Å². The van der Waals surface area contributed by atoms with Gasteiger partial charge in [-0.1, -0.05) is 134 Å². The van der Waals surface area contributed by atoms with E-state index in [0.717, 1.165) is 81.6 Å². The zero-order chi connectivity index (χ0) is 42.4. The summed E-state index contributed by atoms with van der Waals surface area (Å²) in [6.07, 6.45) is 11.4. The third-order valence-electron chi connectivity index (χ3n) is 11.3. The van der Waals surface area contributed by atoms with Gasteiger partial charge in [0.1, 0.15) is 12.6 Å². The van der Waals surface area contributed by atoms with Gasteiger partial charge in [0.05, 0.1) is 5.56 Å². The van der Waals surface area contributed by atoms with E-state index >= 15 is 0 Å². The van der Waals surface area contributed by atoms with Gasteiger partial charge in [-0.15, -0.1) is 0 Å². The number of ether oxygens (including phenoxy) is 1. The van der Waals surface area contributed by atoms with Gasteiger partial charge in [-0.05, 0) is 69.1 Å². The SMILES string of the molecule is FC(F)(F)c1ccc(C2=N[C@H](C(Cc3ccccc3)(Cc3ccccc3)O[PH+]3Oc4ccc5ccccc5c4-c4c(ccc5ccccc45)O3)CO2)cc1.[C-]1=CCC[C-]=CCC1.[Ir]. The van der Waals surface area contributed by atoms with Gasteiger partial charge in [-0.25, -0.2) is 4.99 Å². The maximum absolute atomic E-state index is 13.4. The van der Waals surface area contributed by atoms with Gasteiger partial charge in [0.25, 0.3) is 0 Å². The van der Waals surface area contributed by atoms with E-state index in [1.807, 2.05) is 72.8 Å². The van der Waals surface area contributed by atoms with Crippen LogP contribution in [-0.2, 0) is 48.4 Å². The molecule has 7 aromatic rings. The van der Waals surface area contributed by atoms with Crippen LogP contribution < -0.4 is 9.05 Å². The van der Waals surface area contributed by atoms with Gasteiger partial charge in [0.2, 0.25) is 5.90 Å². The first-order valence-corrected chi connectivity index (χ1v) is 22.1. The molecule has 0 bridgehead atoms. The van der Waals surface area contributed by atoms with E-state index in [4.69, 9.17) is 23.3 Å². The summed E-state index contributed by atoms with van der Waals surface area (Å²) >= 11 is 0. The number of halogens is 3. The number of hydrogen-bond acceptors (Lipinski definition) is 5. The maximum Gasteiger partial charge on any atom is 0.486 e. The summed E-state index contributed by atoms with van der Waals surface area (Å²) in [6, 6.07) is 49.0. The third kappa shape index (κ3) is 10.1. The molecule has 1 radical (unpaired) electrons.